The molecule has 1 atom stereocenters. The molecule has 156 valence electrons. The molecule has 0 aromatic heterocycles. The molecule has 0 amide bonds. The van der Waals surface area contributed by atoms with E-state index >= 15 is 0 Å². The number of carbonyl (C=O) groups is 1. The fourth-order valence-corrected chi connectivity index (χ4v) is 3.64. The molecule has 0 saturated heterocycles. The molecule has 0 aromatic carbocycles. The zero-order valence-electron chi connectivity index (χ0n) is 18.1. The molecule has 0 rings (SSSR count). The highest BCUT2D eigenvalue weighted by atomic mass is 16.4. The lowest BCUT2D eigenvalue weighted by Crippen LogP contribution is -2.35. The summed E-state index contributed by atoms with van der Waals surface area (Å²) in [6, 6.07) is 0.593. The summed E-state index contributed by atoms with van der Waals surface area (Å²) in [6.07, 6.45) is 19.6. The summed E-state index contributed by atoms with van der Waals surface area (Å²) < 4.78 is 0. The molecule has 0 aliphatic rings. The van der Waals surface area contributed by atoms with Crippen molar-refractivity contribution < 1.29 is 9.90 Å². The van der Waals surface area contributed by atoms with Crippen LogP contribution in [0.5, 0.6) is 0 Å². The molecule has 0 fully saturated rings. The molecule has 0 aliphatic heterocycles. The van der Waals surface area contributed by atoms with Gasteiger partial charge in [-0.25, -0.2) is 0 Å². The Kier molecular flexibility index (Phi) is 18.8. The van der Waals surface area contributed by atoms with E-state index in [-0.39, 0.29) is 0 Å². The number of unbranched alkanes of at least 4 members (excludes halogenated alkanes) is 11. The van der Waals surface area contributed by atoms with Gasteiger partial charge in [0.1, 0.15) is 0 Å². The normalized spacial score (nSPS) is 12.6. The first kappa shape index (κ1) is 25.4. The molecule has 0 spiro atoms. The third-order valence-corrected chi connectivity index (χ3v) is 5.48. The largest absolute Gasteiger partial charge is 0.481 e. The van der Waals surface area contributed by atoms with Crippen molar-refractivity contribution in [2.75, 3.05) is 13.1 Å². The molecular formula is C23H47NO2. The molecule has 1 N–H and O–H groups in total. The summed E-state index contributed by atoms with van der Waals surface area (Å²) in [6.45, 7) is 9.33. The second-order valence-electron chi connectivity index (χ2n) is 8.06. The average Bonchev–Trinajstić information content (AvgIpc) is 2.62. The van der Waals surface area contributed by atoms with E-state index in [1.165, 1.54) is 90.1 Å². The van der Waals surface area contributed by atoms with Crippen LogP contribution >= 0.6 is 0 Å². The number of rotatable bonds is 20. The number of nitrogens with zero attached hydrogens (tertiary/aromatic N) is 1. The zero-order chi connectivity index (χ0) is 19.5. The summed E-state index contributed by atoms with van der Waals surface area (Å²) in [7, 11) is 0. The number of carboxylic acids is 1. The maximum atomic E-state index is 10.7. The van der Waals surface area contributed by atoms with Crippen molar-refractivity contribution in [2.24, 2.45) is 0 Å². The second-order valence-corrected chi connectivity index (χ2v) is 8.06. The van der Waals surface area contributed by atoms with E-state index in [1.54, 1.807) is 0 Å². The summed E-state index contributed by atoms with van der Waals surface area (Å²) >= 11 is 0. The average molecular weight is 370 g/mol. The molecule has 1 unspecified atom stereocenters. The number of aliphatic carboxylic acids is 1. The fourth-order valence-electron chi connectivity index (χ4n) is 3.64. The van der Waals surface area contributed by atoms with Gasteiger partial charge in [-0.2, -0.15) is 0 Å². The minimum Gasteiger partial charge on any atom is -0.481 e. The quantitative estimate of drug-likeness (QED) is 0.234. The molecule has 0 radical (unpaired) electrons. The highest BCUT2D eigenvalue weighted by molar-refractivity contribution is 5.66. The number of hydrogen-bond donors (Lipinski definition) is 1. The van der Waals surface area contributed by atoms with Gasteiger partial charge < -0.3 is 10.0 Å². The standard InChI is InChI=1S/C23H47NO2/c1-4-6-8-10-12-16-20-24(21-17-13-11-9-7-5-2)22(3)18-14-15-19-23(25)26/h22H,4-21H2,1-3H3,(H,25,26). The van der Waals surface area contributed by atoms with Crippen LogP contribution in [0.25, 0.3) is 0 Å². The smallest absolute Gasteiger partial charge is 0.303 e. The Balaban J connectivity index is 4.05. The number of hydrogen-bond acceptors (Lipinski definition) is 2. The Morgan fingerprint density at radius 2 is 1.19 bits per heavy atom. The topological polar surface area (TPSA) is 40.5 Å². The van der Waals surface area contributed by atoms with Crippen molar-refractivity contribution in [2.45, 2.75) is 130 Å². The first-order valence-electron chi connectivity index (χ1n) is 11.6. The van der Waals surface area contributed by atoms with Crippen LogP contribution in [0.15, 0.2) is 0 Å². The third kappa shape index (κ3) is 16.9. The van der Waals surface area contributed by atoms with Gasteiger partial charge in [-0.15, -0.1) is 0 Å². The van der Waals surface area contributed by atoms with Gasteiger partial charge in [-0.1, -0.05) is 84.5 Å². The van der Waals surface area contributed by atoms with E-state index in [9.17, 15) is 4.79 Å². The van der Waals surface area contributed by atoms with Gasteiger partial charge in [0, 0.05) is 12.5 Å². The monoisotopic (exact) mass is 369 g/mol. The van der Waals surface area contributed by atoms with Crippen LogP contribution in [-0.4, -0.2) is 35.1 Å². The van der Waals surface area contributed by atoms with Crippen molar-refractivity contribution in [3.63, 3.8) is 0 Å². The molecule has 3 nitrogen and oxygen atoms in total. The van der Waals surface area contributed by atoms with E-state index in [1.807, 2.05) is 0 Å². The Hall–Kier alpha value is -0.570. The SMILES string of the molecule is CCCCCCCCN(CCCCCCCC)C(C)CCCCC(=O)O. The minimum atomic E-state index is -0.659. The van der Waals surface area contributed by atoms with Crippen molar-refractivity contribution >= 4 is 5.97 Å². The van der Waals surface area contributed by atoms with Gasteiger partial charge in [0.2, 0.25) is 0 Å². The Morgan fingerprint density at radius 3 is 1.65 bits per heavy atom. The maximum Gasteiger partial charge on any atom is 0.303 e. The van der Waals surface area contributed by atoms with Crippen molar-refractivity contribution in [3.05, 3.63) is 0 Å². The number of carboxylic acid groups (broad SMARTS) is 1. The molecule has 0 heterocycles. The van der Waals surface area contributed by atoms with Crippen LogP contribution in [0.4, 0.5) is 0 Å². The van der Waals surface area contributed by atoms with Crippen molar-refractivity contribution in [1.29, 1.82) is 0 Å². The van der Waals surface area contributed by atoms with Crippen LogP contribution in [0.2, 0.25) is 0 Å². The van der Waals surface area contributed by atoms with E-state index < -0.39 is 5.97 Å². The molecule has 3 heteroatoms. The van der Waals surface area contributed by atoms with E-state index in [0.717, 1.165) is 19.3 Å². The van der Waals surface area contributed by atoms with Crippen molar-refractivity contribution in [3.8, 4) is 0 Å². The lowest BCUT2D eigenvalue weighted by atomic mass is 10.1. The Morgan fingerprint density at radius 1 is 0.731 bits per heavy atom. The summed E-state index contributed by atoms with van der Waals surface area (Å²) in [5, 5.41) is 8.79. The molecule has 0 saturated carbocycles. The van der Waals surface area contributed by atoms with Crippen LogP contribution < -0.4 is 0 Å². The van der Waals surface area contributed by atoms with Crippen molar-refractivity contribution in [1.82, 2.24) is 4.90 Å². The molecular weight excluding hydrogens is 322 g/mol. The lowest BCUT2D eigenvalue weighted by Gasteiger charge is -2.29. The van der Waals surface area contributed by atoms with E-state index in [4.69, 9.17) is 5.11 Å². The fraction of sp³-hybridized carbons (Fsp3) is 0.957. The summed E-state index contributed by atoms with van der Waals surface area (Å²) in [4.78, 5) is 13.3. The van der Waals surface area contributed by atoms with Gasteiger partial charge in [0.05, 0.1) is 0 Å². The van der Waals surface area contributed by atoms with Crippen LogP contribution in [0, 0.1) is 0 Å². The Labute approximate surface area is 163 Å². The van der Waals surface area contributed by atoms with Crippen LogP contribution in [-0.2, 0) is 4.79 Å². The van der Waals surface area contributed by atoms with Crippen LogP contribution in [0.3, 0.4) is 0 Å². The van der Waals surface area contributed by atoms with Gasteiger partial charge in [-0.3, -0.25) is 4.79 Å². The third-order valence-electron chi connectivity index (χ3n) is 5.48. The lowest BCUT2D eigenvalue weighted by molar-refractivity contribution is -0.137. The second kappa shape index (κ2) is 19.2. The molecule has 26 heavy (non-hydrogen) atoms. The zero-order valence-corrected chi connectivity index (χ0v) is 18.1. The van der Waals surface area contributed by atoms with E-state index in [2.05, 4.69) is 25.7 Å². The van der Waals surface area contributed by atoms with E-state index in [0.29, 0.717) is 12.5 Å². The first-order valence-corrected chi connectivity index (χ1v) is 11.6. The summed E-state index contributed by atoms with van der Waals surface area (Å²) in [5.41, 5.74) is 0. The maximum absolute atomic E-state index is 10.7. The van der Waals surface area contributed by atoms with Gasteiger partial charge in [0.15, 0.2) is 0 Å². The minimum absolute atomic E-state index is 0.321. The Bertz CT molecular complexity index is 291. The predicted molar refractivity (Wildman–Crippen MR) is 114 cm³/mol. The van der Waals surface area contributed by atoms with Gasteiger partial charge >= 0.3 is 5.97 Å². The predicted octanol–water partition coefficient (Wildman–Crippen LogP) is 7.04. The first-order chi connectivity index (χ1) is 12.6. The van der Waals surface area contributed by atoms with Crippen LogP contribution in [0.1, 0.15) is 124 Å². The highest BCUT2D eigenvalue weighted by Gasteiger charge is 2.13. The molecule has 0 aliphatic carbocycles. The van der Waals surface area contributed by atoms with Gasteiger partial charge in [0.25, 0.3) is 0 Å². The molecule has 0 bridgehead atoms. The molecule has 0 aromatic rings. The summed E-state index contributed by atoms with van der Waals surface area (Å²) in [5.74, 6) is -0.659. The highest BCUT2D eigenvalue weighted by Crippen LogP contribution is 2.15. The van der Waals surface area contributed by atoms with Gasteiger partial charge in [-0.05, 0) is 45.7 Å².